The van der Waals surface area contributed by atoms with E-state index in [-0.39, 0.29) is 29.8 Å². The zero-order chi connectivity index (χ0) is 28.6. The van der Waals surface area contributed by atoms with E-state index in [1.165, 1.54) is 0 Å². The molecule has 2 N–H and O–H groups in total. The molecule has 220 valence electrons. The van der Waals surface area contributed by atoms with Gasteiger partial charge in [0.25, 0.3) is 0 Å². The summed E-state index contributed by atoms with van der Waals surface area (Å²) in [5.74, 6) is 0.835. The van der Waals surface area contributed by atoms with Crippen molar-refractivity contribution < 1.29 is 19.1 Å². The number of para-hydroxylation sites is 2. The molecule has 3 fully saturated rings. The minimum Gasteiger partial charge on any atom is -0.492 e. The molecule has 3 heterocycles. The van der Waals surface area contributed by atoms with Gasteiger partial charge in [0.1, 0.15) is 11.6 Å². The number of urea groups is 1. The molecule has 1 aromatic heterocycles. The molecule has 1 aromatic carbocycles. The summed E-state index contributed by atoms with van der Waals surface area (Å²) in [7, 11) is 0. The first kappa shape index (κ1) is 28.7. The smallest absolute Gasteiger partial charge is 0.322 e. The third kappa shape index (κ3) is 6.92. The second kappa shape index (κ2) is 13.7. The lowest BCUT2D eigenvalue weighted by molar-refractivity contribution is -0.135. The molecule has 10 heteroatoms. The van der Waals surface area contributed by atoms with Crippen LogP contribution in [0.2, 0.25) is 0 Å². The summed E-state index contributed by atoms with van der Waals surface area (Å²) in [6.07, 6.45) is 6.48. The molecule has 2 saturated heterocycles. The molecular weight excluding hydrogens is 520 g/mol. The number of nitrogens with zero attached hydrogens (tertiary/aromatic N) is 4. The Morgan fingerprint density at radius 2 is 1.76 bits per heavy atom. The van der Waals surface area contributed by atoms with Crippen LogP contribution in [0.15, 0.2) is 48.7 Å². The topological polar surface area (TPSA) is 107 Å². The maximum atomic E-state index is 13.8. The van der Waals surface area contributed by atoms with E-state index in [4.69, 9.17) is 4.74 Å². The zero-order valence-corrected chi connectivity index (χ0v) is 24.0. The van der Waals surface area contributed by atoms with Crippen molar-refractivity contribution in [3.63, 3.8) is 0 Å². The minimum atomic E-state index is -0.426. The number of carbonyl (C=O) groups is 3. The van der Waals surface area contributed by atoms with E-state index in [2.05, 4.69) is 20.5 Å². The standard InChI is InChI=1S/C31H42N6O4/c1-2-41-27-12-6-5-11-25(27)34-31(40)37-16-10-4-3-8-15-33-29(38)24-21-23(22-26(24)37)30(39)36-19-17-35(18-20-36)28-13-7-9-14-32-28/h5-7,9,11-14,23-24,26H,2-4,8,10,15-22H2,1H3,(H,33,38)(H,34,40). The number of hydrogen-bond acceptors (Lipinski definition) is 6. The Morgan fingerprint density at radius 3 is 2.54 bits per heavy atom. The molecule has 1 aliphatic carbocycles. The van der Waals surface area contributed by atoms with Crippen molar-refractivity contribution in [3.05, 3.63) is 48.7 Å². The minimum absolute atomic E-state index is 0.0558. The first-order chi connectivity index (χ1) is 20.0. The lowest BCUT2D eigenvalue weighted by Gasteiger charge is -2.36. The van der Waals surface area contributed by atoms with Gasteiger partial charge < -0.3 is 30.1 Å². The summed E-state index contributed by atoms with van der Waals surface area (Å²) < 4.78 is 5.72. The molecule has 3 atom stereocenters. The number of pyridine rings is 1. The molecular formula is C31H42N6O4. The van der Waals surface area contributed by atoms with Crippen LogP contribution in [0, 0.1) is 11.8 Å². The summed E-state index contributed by atoms with van der Waals surface area (Å²) in [5.41, 5.74) is 0.603. The van der Waals surface area contributed by atoms with E-state index < -0.39 is 5.92 Å². The van der Waals surface area contributed by atoms with Gasteiger partial charge in [0.15, 0.2) is 0 Å². The molecule has 5 rings (SSSR count). The number of aromatic nitrogens is 1. The van der Waals surface area contributed by atoms with Crippen molar-refractivity contribution in [2.24, 2.45) is 11.8 Å². The maximum absolute atomic E-state index is 13.8. The van der Waals surface area contributed by atoms with Crippen molar-refractivity contribution >= 4 is 29.4 Å². The van der Waals surface area contributed by atoms with Crippen molar-refractivity contribution in [1.82, 2.24) is 20.1 Å². The summed E-state index contributed by atoms with van der Waals surface area (Å²) in [6, 6.07) is 12.6. The number of nitrogens with one attached hydrogen (secondary N) is 2. The number of hydrogen-bond donors (Lipinski definition) is 2. The molecule has 4 amide bonds. The first-order valence-corrected chi connectivity index (χ1v) is 15.1. The quantitative estimate of drug-likeness (QED) is 0.575. The van der Waals surface area contributed by atoms with E-state index in [1.807, 2.05) is 59.2 Å². The van der Waals surface area contributed by atoms with E-state index in [0.29, 0.717) is 57.1 Å². The number of piperazine rings is 1. The highest BCUT2D eigenvalue weighted by molar-refractivity contribution is 5.92. The second-order valence-electron chi connectivity index (χ2n) is 11.1. The summed E-state index contributed by atoms with van der Waals surface area (Å²) in [5, 5.41) is 6.14. The van der Waals surface area contributed by atoms with Crippen LogP contribution in [-0.4, -0.2) is 84.5 Å². The van der Waals surface area contributed by atoms with Crippen molar-refractivity contribution in [2.45, 2.75) is 51.5 Å². The number of rotatable bonds is 5. The monoisotopic (exact) mass is 562 g/mol. The fourth-order valence-electron chi connectivity index (χ4n) is 6.36. The van der Waals surface area contributed by atoms with Crippen LogP contribution < -0.4 is 20.3 Å². The zero-order valence-electron chi connectivity index (χ0n) is 24.0. The lowest BCUT2D eigenvalue weighted by atomic mass is 10.00. The van der Waals surface area contributed by atoms with Gasteiger partial charge in [-0.15, -0.1) is 0 Å². The van der Waals surface area contributed by atoms with Gasteiger partial charge in [-0.2, -0.15) is 0 Å². The van der Waals surface area contributed by atoms with E-state index in [9.17, 15) is 14.4 Å². The second-order valence-corrected chi connectivity index (χ2v) is 11.1. The van der Waals surface area contributed by atoms with Crippen molar-refractivity contribution in [2.75, 3.05) is 56.1 Å². The molecule has 0 bridgehead atoms. The van der Waals surface area contributed by atoms with Crippen LogP contribution in [-0.2, 0) is 9.59 Å². The van der Waals surface area contributed by atoms with Gasteiger partial charge in [-0.25, -0.2) is 9.78 Å². The Morgan fingerprint density at radius 1 is 0.976 bits per heavy atom. The van der Waals surface area contributed by atoms with Crippen LogP contribution in [0.5, 0.6) is 5.75 Å². The van der Waals surface area contributed by atoms with Gasteiger partial charge in [-0.1, -0.05) is 31.0 Å². The van der Waals surface area contributed by atoms with Crippen LogP contribution in [0.4, 0.5) is 16.3 Å². The van der Waals surface area contributed by atoms with Crippen LogP contribution in [0.25, 0.3) is 0 Å². The third-order valence-corrected chi connectivity index (χ3v) is 8.49. The predicted octanol–water partition coefficient (Wildman–Crippen LogP) is 3.75. The van der Waals surface area contributed by atoms with Crippen LogP contribution >= 0.6 is 0 Å². The number of amides is 4. The summed E-state index contributed by atoms with van der Waals surface area (Å²) in [6.45, 7) is 6.24. The largest absolute Gasteiger partial charge is 0.492 e. The predicted molar refractivity (Wildman–Crippen MR) is 158 cm³/mol. The van der Waals surface area contributed by atoms with Gasteiger partial charge >= 0.3 is 6.03 Å². The summed E-state index contributed by atoms with van der Waals surface area (Å²) in [4.78, 5) is 51.3. The molecule has 3 aliphatic rings. The molecule has 41 heavy (non-hydrogen) atoms. The highest BCUT2D eigenvalue weighted by Crippen LogP contribution is 2.38. The average Bonchev–Trinajstić information content (AvgIpc) is 3.43. The van der Waals surface area contributed by atoms with Gasteiger partial charge in [0.2, 0.25) is 11.8 Å². The van der Waals surface area contributed by atoms with Crippen LogP contribution in [0.3, 0.4) is 0 Å². The Kier molecular flexibility index (Phi) is 9.59. The molecule has 0 radical (unpaired) electrons. The number of carbonyl (C=O) groups excluding carboxylic acids is 3. The first-order valence-electron chi connectivity index (χ1n) is 15.1. The number of benzene rings is 1. The van der Waals surface area contributed by atoms with E-state index in [0.717, 1.165) is 44.6 Å². The Labute approximate surface area is 242 Å². The Balaban J connectivity index is 1.31. The Bertz CT molecular complexity index is 1190. The maximum Gasteiger partial charge on any atom is 0.322 e. The normalized spacial score (nSPS) is 23.7. The molecule has 1 saturated carbocycles. The van der Waals surface area contributed by atoms with Crippen molar-refractivity contribution in [3.8, 4) is 5.75 Å². The SMILES string of the molecule is CCOc1ccccc1NC(=O)N1CCCCCCNC(=O)C2CC(C(=O)N3CCN(c4ccccn4)CC3)CC21. The fourth-order valence-corrected chi connectivity index (χ4v) is 6.36. The molecule has 10 nitrogen and oxygen atoms in total. The lowest BCUT2D eigenvalue weighted by Crippen LogP contribution is -2.50. The van der Waals surface area contributed by atoms with Gasteiger partial charge in [-0.05, 0) is 56.9 Å². The molecule has 2 aliphatic heterocycles. The van der Waals surface area contributed by atoms with Crippen molar-refractivity contribution in [1.29, 1.82) is 0 Å². The number of ether oxygens (including phenoxy) is 1. The molecule has 0 spiro atoms. The molecule has 2 aromatic rings. The number of anilines is 2. The Hall–Kier alpha value is -3.82. The third-order valence-electron chi connectivity index (χ3n) is 8.49. The molecule has 3 unspecified atom stereocenters. The van der Waals surface area contributed by atoms with E-state index in [1.54, 1.807) is 6.20 Å². The highest BCUT2D eigenvalue weighted by atomic mass is 16.5. The highest BCUT2D eigenvalue weighted by Gasteiger charge is 2.47. The fraction of sp³-hybridized carbons (Fsp3) is 0.548. The number of fused-ring (bicyclic) bond motifs is 1. The van der Waals surface area contributed by atoms with Gasteiger partial charge in [0, 0.05) is 57.4 Å². The van der Waals surface area contributed by atoms with Crippen LogP contribution in [0.1, 0.15) is 45.4 Å². The summed E-state index contributed by atoms with van der Waals surface area (Å²) >= 11 is 0. The van der Waals surface area contributed by atoms with E-state index >= 15 is 0 Å². The van der Waals surface area contributed by atoms with Gasteiger partial charge in [-0.3, -0.25) is 9.59 Å². The average molecular weight is 563 g/mol. The van der Waals surface area contributed by atoms with Gasteiger partial charge in [0.05, 0.1) is 18.2 Å².